The zero-order valence-electron chi connectivity index (χ0n) is 18.3. The Balaban J connectivity index is 0.000000453. The number of aromatic nitrogens is 2. The number of ether oxygens (including phenoxy) is 1. The fourth-order valence-electron chi connectivity index (χ4n) is 3.49. The van der Waals surface area contributed by atoms with Crippen molar-refractivity contribution < 1.29 is 21.8 Å². The Morgan fingerprint density at radius 3 is 2.39 bits per heavy atom. The van der Waals surface area contributed by atoms with Gasteiger partial charge in [-0.2, -0.15) is 35.4 Å². The molecule has 1 unspecified atom stereocenters. The number of benzene rings is 1. The molecule has 0 radical (unpaired) electrons. The van der Waals surface area contributed by atoms with Gasteiger partial charge in [0.1, 0.15) is 0 Å². The van der Waals surface area contributed by atoms with Crippen LogP contribution in [-0.4, -0.2) is 22.5 Å². The minimum absolute atomic E-state index is 0. The quantitative estimate of drug-likeness (QED) is 0.227. The SMILES string of the molecule is CCCOc1ccc(N2N=C([c-]3cccc3)CC2c2ccccc2Cl)nn1.[Fe+2].c1cc[cH-]c1. The summed E-state index contributed by atoms with van der Waals surface area (Å²) in [6.45, 7) is 2.68. The summed E-state index contributed by atoms with van der Waals surface area (Å²) in [5.41, 5.74) is 3.15. The van der Waals surface area contributed by atoms with Gasteiger partial charge in [-0.3, -0.25) is 0 Å². The maximum absolute atomic E-state index is 6.48. The smallest absolute Gasteiger partial charge is 0.477 e. The van der Waals surface area contributed by atoms with Crippen LogP contribution in [0, 0.1) is 0 Å². The minimum atomic E-state index is -0.0275. The molecule has 7 heteroatoms. The van der Waals surface area contributed by atoms with Crippen LogP contribution in [0.1, 0.15) is 36.9 Å². The topological polar surface area (TPSA) is 50.6 Å². The normalized spacial score (nSPS) is 14.7. The van der Waals surface area contributed by atoms with E-state index in [1.807, 2.05) is 83.9 Å². The van der Waals surface area contributed by atoms with Crippen molar-refractivity contribution in [2.24, 2.45) is 5.10 Å². The van der Waals surface area contributed by atoms with Crippen LogP contribution in [0.3, 0.4) is 0 Å². The molecule has 1 atom stereocenters. The summed E-state index contributed by atoms with van der Waals surface area (Å²) in [5, 5.41) is 16.0. The van der Waals surface area contributed by atoms with Crippen molar-refractivity contribution in [1.82, 2.24) is 10.2 Å². The molecule has 1 aromatic heterocycles. The first-order chi connectivity index (χ1) is 15.8. The van der Waals surface area contributed by atoms with Gasteiger partial charge in [-0.05, 0) is 24.1 Å². The molecular weight excluding hydrogens is 476 g/mol. The monoisotopic (exact) mass is 500 g/mol. The zero-order chi connectivity index (χ0) is 22.2. The minimum Gasteiger partial charge on any atom is -0.477 e. The van der Waals surface area contributed by atoms with Crippen molar-refractivity contribution in [2.45, 2.75) is 25.8 Å². The number of rotatable bonds is 6. The first-order valence-electron chi connectivity index (χ1n) is 10.7. The molecule has 2 heterocycles. The Kier molecular flexibility index (Phi) is 9.25. The molecule has 0 saturated carbocycles. The van der Waals surface area contributed by atoms with Crippen LogP contribution in [0.25, 0.3) is 0 Å². The fraction of sp³-hybridized carbons (Fsp3) is 0.192. The van der Waals surface area contributed by atoms with Crippen molar-refractivity contribution in [2.75, 3.05) is 11.6 Å². The van der Waals surface area contributed by atoms with E-state index in [2.05, 4.69) is 29.3 Å². The molecule has 5 nitrogen and oxygen atoms in total. The Labute approximate surface area is 210 Å². The summed E-state index contributed by atoms with van der Waals surface area (Å²) in [6.07, 6.45) is 1.68. The van der Waals surface area contributed by atoms with Gasteiger partial charge in [0.2, 0.25) is 5.88 Å². The van der Waals surface area contributed by atoms with Crippen molar-refractivity contribution >= 4 is 23.1 Å². The van der Waals surface area contributed by atoms with E-state index in [0.29, 0.717) is 18.3 Å². The Bertz CT molecular complexity index is 1090. The van der Waals surface area contributed by atoms with E-state index < -0.39 is 0 Å². The standard InChI is InChI=1S/C21H20ClN4O.C5H5.Fe/c1-2-13-27-21-12-11-20(23-24-21)26-19(16-9-5-6-10-17(16)22)14-18(25-26)15-7-3-4-8-15;1-2-4-5-3-1;/h3-12,19H,2,13-14H2,1H3;1-5H;/q2*-1;+2. The van der Waals surface area contributed by atoms with Crippen molar-refractivity contribution in [3.63, 3.8) is 0 Å². The van der Waals surface area contributed by atoms with Crippen LogP contribution < -0.4 is 9.75 Å². The third-order valence-electron chi connectivity index (χ3n) is 5.04. The summed E-state index contributed by atoms with van der Waals surface area (Å²) < 4.78 is 5.53. The second-order valence-corrected chi connectivity index (χ2v) is 7.75. The molecule has 0 bridgehead atoms. The molecule has 3 aromatic carbocycles. The molecule has 1 aliphatic rings. The first kappa shape index (κ1) is 24.7. The Hall–Kier alpha value is -2.92. The van der Waals surface area contributed by atoms with Gasteiger partial charge < -0.3 is 4.74 Å². The van der Waals surface area contributed by atoms with E-state index in [4.69, 9.17) is 21.4 Å². The summed E-state index contributed by atoms with van der Waals surface area (Å²) in [5.74, 6) is 1.19. The van der Waals surface area contributed by atoms with Gasteiger partial charge in [0, 0.05) is 23.2 Å². The van der Waals surface area contributed by atoms with E-state index in [1.165, 1.54) is 0 Å². The van der Waals surface area contributed by atoms with E-state index in [0.717, 1.165) is 34.7 Å². The molecule has 0 spiro atoms. The molecule has 4 aromatic rings. The van der Waals surface area contributed by atoms with Gasteiger partial charge >= 0.3 is 17.1 Å². The van der Waals surface area contributed by atoms with Crippen LogP contribution in [-0.2, 0) is 17.1 Å². The molecule has 0 fully saturated rings. The predicted octanol–water partition coefficient (Wildman–Crippen LogP) is 6.40. The maximum atomic E-state index is 6.48. The van der Waals surface area contributed by atoms with Gasteiger partial charge in [0.15, 0.2) is 5.82 Å². The number of halogens is 1. The summed E-state index contributed by atoms with van der Waals surface area (Å²) in [4.78, 5) is 0. The largest absolute Gasteiger partial charge is 2.00 e. The van der Waals surface area contributed by atoms with Crippen LogP contribution >= 0.6 is 11.6 Å². The average molecular weight is 501 g/mol. The van der Waals surface area contributed by atoms with Crippen LogP contribution in [0.4, 0.5) is 5.82 Å². The molecule has 170 valence electrons. The summed E-state index contributed by atoms with van der Waals surface area (Å²) in [7, 11) is 0. The van der Waals surface area contributed by atoms with Gasteiger partial charge in [-0.1, -0.05) is 36.7 Å². The molecule has 5 rings (SSSR count). The molecule has 0 aliphatic carbocycles. The van der Waals surface area contributed by atoms with Gasteiger partial charge in [-0.15, -0.1) is 15.8 Å². The maximum Gasteiger partial charge on any atom is 2.00 e. The number of anilines is 1. The number of nitrogens with zero attached hydrogens (tertiary/aromatic N) is 4. The second-order valence-electron chi connectivity index (χ2n) is 7.35. The Morgan fingerprint density at radius 2 is 1.79 bits per heavy atom. The third kappa shape index (κ3) is 6.32. The van der Waals surface area contributed by atoms with E-state index in [1.54, 1.807) is 0 Å². The fourth-order valence-corrected chi connectivity index (χ4v) is 3.75. The Morgan fingerprint density at radius 1 is 1.03 bits per heavy atom. The molecule has 0 N–H and O–H groups in total. The van der Waals surface area contributed by atoms with E-state index in [-0.39, 0.29) is 23.1 Å². The van der Waals surface area contributed by atoms with Crippen molar-refractivity contribution in [3.8, 4) is 5.88 Å². The first-order valence-corrected chi connectivity index (χ1v) is 11.1. The van der Waals surface area contributed by atoms with Gasteiger partial charge in [-0.25, -0.2) is 29.3 Å². The molecule has 33 heavy (non-hydrogen) atoms. The van der Waals surface area contributed by atoms with Crippen LogP contribution in [0.5, 0.6) is 5.88 Å². The number of hydrazone groups is 1. The van der Waals surface area contributed by atoms with Crippen LogP contribution in [0.15, 0.2) is 96.1 Å². The second kappa shape index (κ2) is 12.4. The van der Waals surface area contributed by atoms with Crippen LogP contribution in [0.2, 0.25) is 5.02 Å². The number of hydrogen-bond donors (Lipinski definition) is 0. The predicted molar refractivity (Wildman–Crippen MR) is 130 cm³/mol. The van der Waals surface area contributed by atoms with Gasteiger partial charge in [0.05, 0.1) is 12.6 Å². The zero-order valence-corrected chi connectivity index (χ0v) is 20.1. The van der Waals surface area contributed by atoms with Crippen molar-refractivity contribution in [3.05, 3.63) is 107 Å². The van der Waals surface area contributed by atoms with Crippen molar-refractivity contribution in [1.29, 1.82) is 0 Å². The summed E-state index contributed by atoms with van der Waals surface area (Å²) >= 11 is 6.48. The third-order valence-corrected chi connectivity index (χ3v) is 5.39. The van der Waals surface area contributed by atoms with E-state index in [9.17, 15) is 0 Å². The van der Waals surface area contributed by atoms with Gasteiger partial charge in [0.25, 0.3) is 0 Å². The molecule has 0 saturated heterocycles. The summed E-state index contributed by atoms with van der Waals surface area (Å²) in [6, 6.07) is 29.7. The molecule has 1 aliphatic heterocycles. The molecular formula is C26H25ClFeN4O. The molecule has 0 amide bonds. The average Bonchev–Trinajstić information content (AvgIpc) is 3.61. The van der Waals surface area contributed by atoms with E-state index >= 15 is 0 Å². The number of hydrogen-bond acceptors (Lipinski definition) is 5.